The average molecular weight is 275 g/mol. The summed E-state index contributed by atoms with van der Waals surface area (Å²) in [5.41, 5.74) is -0.303. The summed E-state index contributed by atoms with van der Waals surface area (Å²) in [7, 11) is 1.53. The van der Waals surface area contributed by atoms with E-state index in [1.807, 2.05) is 0 Å². The van der Waals surface area contributed by atoms with Gasteiger partial charge in [-0.25, -0.2) is 9.36 Å². The van der Waals surface area contributed by atoms with Crippen LogP contribution in [0.4, 0.5) is 0 Å². The van der Waals surface area contributed by atoms with E-state index in [-0.39, 0.29) is 5.84 Å². The molecular formula is C13H13N3O4. The number of H-pyrrole nitrogens is 1. The fraction of sp³-hybridized carbons (Fsp3) is 0.154. The molecule has 2 rings (SSSR count). The molecule has 0 radical (unpaired) electrons. The van der Waals surface area contributed by atoms with Crippen molar-refractivity contribution in [1.82, 2.24) is 9.55 Å². The molecule has 1 aromatic heterocycles. The second-order valence-corrected chi connectivity index (χ2v) is 4.07. The Kier molecular flexibility index (Phi) is 3.69. The predicted octanol–water partition coefficient (Wildman–Crippen LogP) is 0.538. The third-order valence-electron chi connectivity index (χ3n) is 2.78. The Morgan fingerprint density at radius 1 is 1.30 bits per heavy atom. The average Bonchev–Trinajstić information content (AvgIpc) is 2.43. The van der Waals surface area contributed by atoms with E-state index in [4.69, 9.17) is 4.74 Å². The van der Waals surface area contributed by atoms with Crippen LogP contribution in [0.1, 0.15) is 11.3 Å². The summed E-state index contributed by atoms with van der Waals surface area (Å²) in [6.07, 6.45) is 0. The van der Waals surface area contributed by atoms with Gasteiger partial charge in [-0.3, -0.25) is 9.78 Å². The number of hydrogen-bond acceptors (Lipinski definition) is 5. The summed E-state index contributed by atoms with van der Waals surface area (Å²) in [5.74, 6) is 0.656. The number of aromatic nitrogens is 2. The number of aryl methyl sites for hydroxylation is 1. The smallest absolute Gasteiger partial charge is 0.334 e. The predicted molar refractivity (Wildman–Crippen MR) is 72.8 cm³/mol. The number of benzene rings is 1. The zero-order chi connectivity index (χ0) is 14.7. The first-order chi connectivity index (χ1) is 9.56. The second kappa shape index (κ2) is 5.43. The number of hydrogen-bond donors (Lipinski definition) is 2. The van der Waals surface area contributed by atoms with Crippen LogP contribution in [0.15, 0.2) is 45.1 Å². The molecule has 0 bridgehead atoms. The topological polar surface area (TPSA) is 96.7 Å². The Morgan fingerprint density at radius 2 is 1.95 bits per heavy atom. The molecule has 104 valence electrons. The van der Waals surface area contributed by atoms with Crippen molar-refractivity contribution in [3.63, 3.8) is 0 Å². The van der Waals surface area contributed by atoms with Gasteiger partial charge in [-0.15, -0.1) is 0 Å². The van der Waals surface area contributed by atoms with Crippen molar-refractivity contribution in [2.24, 2.45) is 5.16 Å². The summed E-state index contributed by atoms with van der Waals surface area (Å²) in [6, 6.07) is 7.88. The van der Waals surface area contributed by atoms with Gasteiger partial charge >= 0.3 is 5.69 Å². The third kappa shape index (κ3) is 2.46. The van der Waals surface area contributed by atoms with Gasteiger partial charge in [0.05, 0.1) is 7.11 Å². The molecule has 2 aromatic rings. The van der Waals surface area contributed by atoms with E-state index in [1.165, 1.54) is 13.2 Å². The Balaban J connectivity index is 2.59. The molecular weight excluding hydrogens is 262 g/mol. The summed E-state index contributed by atoms with van der Waals surface area (Å²) in [5, 5.41) is 12.3. The minimum Gasteiger partial charge on any atom is -0.497 e. The van der Waals surface area contributed by atoms with Gasteiger partial charge in [-0.1, -0.05) is 5.16 Å². The van der Waals surface area contributed by atoms with Gasteiger partial charge in [0.15, 0.2) is 5.84 Å². The maximum Gasteiger partial charge on any atom is 0.334 e. The van der Waals surface area contributed by atoms with Crippen molar-refractivity contribution in [1.29, 1.82) is 0 Å². The Morgan fingerprint density at radius 3 is 2.45 bits per heavy atom. The zero-order valence-electron chi connectivity index (χ0n) is 11.0. The van der Waals surface area contributed by atoms with Crippen LogP contribution in [0.3, 0.4) is 0 Å². The van der Waals surface area contributed by atoms with Crippen LogP contribution >= 0.6 is 0 Å². The van der Waals surface area contributed by atoms with Crippen molar-refractivity contribution in [2.75, 3.05) is 7.11 Å². The van der Waals surface area contributed by atoms with Crippen molar-refractivity contribution < 1.29 is 9.94 Å². The van der Waals surface area contributed by atoms with Gasteiger partial charge in [0, 0.05) is 17.3 Å². The van der Waals surface area contributed by atoms with E-state index in [0.29, 0.717) is 17.0 Å². The normalized spacial score (nSPS) is 11.4. The molecule has 0 saturated carbocycles. The van der Waals surface area contributed by atoms with E-state index in [1.54, 1.807) is 31.2 Å². The highest BCUT2D eigenvalue weighted by molar-refractivity contribution is 6.00. The van der Waals surface area contributed by atoms with Gasteiger partial charge in [0.2, 0.25) is 0 Å². The molecule has 0 atom stereocenters. The lowest BCUT2D eigenvalue weighted by molar-refractivity contribution is 0.317. The highest BCUT2D eigenvalue weighted by atomic mass is 16.5. The van der Waals surface area contributed by atoms with Crippen LogP contribution < -0.4 is 16.0 Å². The van der Waals surface area contributed by atoms with E-state index in [9.17, 15) is 14.8 Å². The SMILES string of the molecule is COc1ccc(/C(=N/O)n2c(C)cc(=O)[nH]c2=O)cc1. The lowest BCUT2D eigenvalue weighted by Crippen LogP contribution is -2.36. The number of nitrogens with zero attached hydrogens (tertiary/aromatic N) is 2. The van der Waals surface area contributed by atoms with Crippen LogP contribution in [0.5, 0.6) is 5.75 Å². The van der Waals surface area contributed by atoms with Crippen molar-refractivity contribution >= 4 is 5.84 Å². The Hall–Kier alpha value is -2.83. The molecule has 0 saturated heterocycles. The molecule has 0 aliphatic rings. The minimum atomic E-state index is -0.668. The maximum absolute atomic E-state index is 11.8. The molecule has 0 unspecified atom stereocenters. The van der Waals surface area contributed by atoms with E-state index < -0.39 is 11.2 Å². The summed E-state index contributed by atoms with van der Waals surface area (Å²) < 4.78 is 6.15. The standard InChI is InChI=1S/C13H13N3O4/c1-8-7-11(17)14-13(18)16(8)12(15-19)9-3-5-10(20-2)6-4-9/h3-7,19H,1-2H3,(H,14,17,18)/b15-12-. The first-order valence-corrected chi connectivity index (χ1v) is 5.76. The molecule has 1 heterocycles. The van der Waals surface area contributed by atoms with Crippen LogP contribution in [0.2, 0.25) is 0 Å². The van der Waals surface area contributed by atoms with Gasteiger partial charge in [0.25, 0.3) is 5.56 Å². The lowest BCUT2D eigenvalue weighted by Gasteiger charge is -2.10. The second-order valence-electron chi connectivity index (χ2n) is 4.07. The summed E-state index contributed by atoms with van der Waals surface area (Å²) in [4.78, 5) is 25.2. The first kappa shape index (κ1) is 13.6. The molecule has 7 heteroatoms. The van der Waals surface area contributed by atoms with Gasteiger partial charge < -0.3 is 9.94 Å². The quantitative estimate of drug-likeness (QED) is 0.362. The van der Waals surface area contributed by atoms with Crippen molar-refractivity contribution in [3.05, 3.63) is 62.4 Å². The number of rotatable bonds is 2. The van der Waals surface area contributed by atoms with Crippen LogP contribution in [-0.4, -0.2) is 27.7 Å². The molecule has 2 N–H and O–H groups in total. The highest BCUT2D eigenvalue weighted by Crippen LogP contribution is 2.12. The fourth-order valence-corrected chi connectivity index (χ4v) is 1.85. The lowest BCUT2D eigenvalue weighted by atomic mass is 10.2. The van der Waals surface area contributed by atoms with Crippen LogP contribution in [0.25, 0.3) is 0 Å². The van der Waals surface area contributed by atoms with E-state index in [2.05, 4.69) is 10.1 Å². The number of aromatic amines is 1. The third-order valence-corrected chi connectivity index (χ3v) is 2.78. The number of methoxy groups -OCH3 is 1. The van der Waals surface area contributed by atoms with E-state index >= 15 is 0 Å². The monoisotopic (exact) mass is 275 g/mol. The molecule has 20 heavy (non-hydrogen) atoms. The molecule has 0 spiro atoms. The highest BCUT2D eigenvalue weighted by Gasteiger charge is 2.12. The summed E-state index contributed by atoms with van der Waals surface area (Å²) >= 11 is 0. The minimum absolute atomic E-state index is 0.0198. The zero-order valence-corrected chi connectivity index (χ0v) is 11.0. The molecule has 0 aliphatic heterocycles. The van der Waals surface area contributed by atoms with Crippen LogP contribution in [0, 0.1) is 6.92 Å². The Labute approximate surface area is 113 Å². The van der Waals surface area contributed by atoms with Gasteiger partial charge in [-0.2, -0.15) is 0 Å². The first-order valence-electron chi connectivity index (χ1n) is 5.76. The van der Waals surface area contributed by atoms with Crippen LogP contribution in [-0.2, 0) is 0 Å². The van der Waals surface area contributed by atoms with Gasteiger partial charge in [0.1, 0.15) is 5.75 Å². The molecule has 0 amide bonds. The summed E-state index contributed by atoms with van der Waals surface area (Å²) in [6.45, 7) is 1.57. The fourth-order valence-electron chi connectivity index (χ4n) is 1.85. The molecule has 7 nitrogen and oxygen atoms in total. The maximum atomic E-state index is 11.8. The number of nitrogens with one attached hydrogen (secondary N) is 1. The molecule has 0 aliphatic carbocycles. The molecule has 1 aromatic carbocycles. The van der Waals surface area contributed by atoms with Crippen molar-refractivity contribution in [2.45, 2.75) is 6.92 Å². The number of ether oxygens (including phenoxy) is 1. The Bertz CT molecular complexity index is 756. The number of oxime groups is 1. The van der Waals surface area contributed by atoms with Crippen molar-refractivity contribution in [3.8, 4) is 5.75 Å². The largest absolute Gasteiger partial charge is 0.497 e. The van der Waals surface area contributed by atoms with Gasteiger partial charge in [-0.05, 0) is 31.2 Å². The van der Waals surface area contributed by atoms with E-state index in [0.717, 1.165) is 4.57 Å². The molecule has 0 fully saturated rings.